The van der Waals surface area contributed by atoms with Crippen LogP contribution in [0.15, 0.2) is 37.1 Å². The van der Waals surface area contributed by atoms with Gasteiger partial charge in [-0.15, -0.1) is 10.2 Å². The molecule has 154 valence electrons. The number of carbonyl (C=O) groups is 1. The Morgan fingerprint density at radius 1 is 1.30 bits per heavy atom. The van der Waals surface area contributed by atoms with Crippen molar-refractivity contribution in [1.29, 1.82) is 0 Å². The normalized spacial score (nSPS) is 21.7. The Labute approximate surface area is 173 Å². The van der Waals surface area contributed by atoms with Crippen molar-refractivity contribution >= 4 is 28.5 Å². The highest BCUT2D eigenvalue weighted by molar-refractivity contribution is 5.93. The number of rotatable bonds is 4. The number of amides is 1. The van der Waals surface area contributed by atoms with Gasteiger partial charge in [0.05, 0.1) is 0 Å². The molecule has 1 aliphatic carbocycles. The molecule has 1 aliphatic rings. The van der Waals surface area contributed by atoms with Crippen LogP contribution in [0.1, 0.15) is 39.5 Å². The second-order valence-electron chi connectivity index (χ2n) is 8.33. The third-order valence-corrected chi connectivity index (χ3v) is 5.93. The van der Waals surface area contributed by atoms with Crippen molar-refractivity contribution in [3.63, 3.8) is 0 Å². The number of carbonyl (C=O) groups excluding carboxylic acids is 1. The minimum absolute atomic E-state index is 0.0312. The molecular formula is C21H24N8O. The highest BCUT2D eigenvalue weighted by Gasteiger charge is 2.31. The van der Waals surface area contributed by atoms with Gasteiger partial charge in [0.2, 0.25) is 11.9 Å². The van der Waals surface area contributed by atoms with Crippen LogP contribution in [-0.2, 0) is 4.79 Å². The van der Waals surface area contributed by atoms with Crippen LogP contribution in [0, 0.1) is 0 Å². The Balaban J connectivity index is 1.32. The zero-order valence-corrected chi connectivity index (χ0v) is 17.0. The number of aromatic amines is 1. The molecule has 30 heavy (non-hydrogen) atoms. The van der Waals surface area contributed by atoms with E-state index < -0.39 is 0 Å². The summed E-state index contributed by atoms with van der Waals surface area (Å²) >= 11 is 0. The van der Waals surface area contributed by atoms with Crippen molar-refractivity contribution in [2.75, 3.05) is 5.32 Å². The van der Waals surface area contributed by atoms with E-state index in [0.29, 0.717) is 12.0 Å². The van der Waals surface area contributed by atoms with Crippen LogP contribution < -0.4 is 10.6 Å². The largest absolute Gasteiger partial charge is 0.351 e. The highest BCUT2D eigenvalue weighted by Crippen LogP contribution is 2.31. The quantitative estimate of drug-likeness (QED) is 0.482. The Morgan fingerprint density at radius 3 is 2.93 bits per heavy atom. The molecule has 0 spiro atoms. The smallest absolute Gasteiger partial charge is 0.224 e. The number of anilines is 1. The fourth-order valence-corrected chi connectivity index (χ4v) is 4.33. The van der Waals surface area contributed by atoms with E-state index in [1.54, 1.807) is 13.3 Å². The van der Waals surface area contributed by atoms with Gasteiger partial charge < -0.3 is 15.6 Å². The summed E-state index contributed by atoms with van der Waals surface area (Å²) in [6.45, 7) is 3.69. The van der Waals surface area contributed by atoms with Gasteiger partial charge in [-0.1, -0.05) is 0 Å². The summed E-state index contributed by atoms with van der Waals surface area (Å²) in [5.74, 6) is 0.655. The van der Waals surface area contributed by atoms with E-state index >= 15 is 0 Å². The molecule has 9 heteroatoms. The first-order chi connectivity index (χ1) is 14.5. The number of aromatic nitrogens is 6. The summed E-state index contributed by atoms with van der Waals surface area (Å²) in [6.07, 6.45) is 11.3. The lowest BCUT2D eigenvalue weighted by atomic mass is 9.81. The Morgan fingerprint density at radius 2 is 2.13 bits per heavy atom. The molecule has 9 nitrogen and oxygen atoms in total. The van der Waals surface area contributed by atoms with E-state index in [9.17, 15) is 4.79 Å². The fourth-order valence-electron chi connectivity index (χ4n) is 4.33. The molecule has 0 radical (unpaired) electrons. The van der Waals surface area contributed by atoms with Gasteiger partial charge in [-0.25, -0.2) is 4.98 Å². The van der Waals surface area contributed by atoms with Gasteiger partial charge >= 0.3 is 0 Å². The number of nitrogens with zero attached hydrogens (tertiary/aromatic N) is 5. The molecule has 4 aromatic heterocycles. The van der Waals surface area contributed by atoms with Crippen molar-refractivity contribution in [3.05, 3.63) is 37.1 Å². The molecule has 0 aliphatic heterocycles. The van der Waals surface area contributed by atoms with Crippen molar-refractivity contribution in [1.82, 2.24) is 34.9 Å². The maximum absolute atomic E-state index is 11.4. The van der Waals surface area contributed by atoms with Crippen LogP contribution in [0.3, 0.4) is 0 Å². The number of pyridine rings is 1. The van der Waals surface area contributed by atoms with E-state index in [2.05, 4.69) is 42.7 Å². The SMILES string of the molecule is CC(=O)N[C@]1(C)CC[C@@H](Nc2ncc3c(-c4ccc5nncn5c4)c[nH]c3n2)CC1. The molecule has 4 heterocycles. The molecule has 0 unspecified atom stereocenters. The number of hydrogen-bond acceptors (Lipinski definition) is 6. The predicted molar refractivity (Wildman–Crippen MR) is 114 cm³/mol. The molecule has 0 bridgehead atoms. The molecule has 0 saturated heterocycles. The molecule has 0 atom stereocenters. The number of hydrogen-bond donors (Lipinski definition) is 3. The molecule has 1 saturated carbocycles. The molecule has 4 aromatic rings. The Bertz CT molecular complexity index is 1220. The summed E-state index contributed by atoms with van der Waals surface area (Å²) in [7, 11) is 0. The lowest BCUT2D eigenvalue weighted by Gasteiger charge is -2.38. The van der Waals surface area contributed by atoms with Crippen LogP contribution in [0.2, 0.25) is 0 Å². The van der Waals surface area contributed by atoms with Gasteiger partial charge in [0.25, 0.3) is 0 Å². The van der Waals surface area contributed by atoms with Crippen LogP contribution >= 0.6 is 0 Å². The topological polar surface area (TPSA) is 113 Å². The molecule has 1 fully saturated rings. The Hall–Kier alpha value is -3.49. The third-order valence-electron chi connectivity index (χ3n) is 5.93. The Kier molecular flexibility index (Phi) is 4.38. The van der Waals surface area contributed by atoms with E-state index in [1.165, 1.54) is 0 Å². The lowest BCUT2D eigenvalue weighted by molar-refractivity contribution is -0.121. The second-order valence-corrected chi connectivity index (χ2v) is 8.33. The van der Waals surface area contributed by atoms with Crippen LogP contribution in [0.25, 0.3) is 27.8 Å². The summed E-state index contributed by atoms with van der Waals surface area (Å²) in [6, 6.07) is 4.26. The molecule has 3 N–H and O–H groups in total. The predicted octanol–water partition coefficient (Wildman–Crippen LogP) is 2.92. The van der Waals surface area contributed by atoms with Crippen LogP contribution in [0.4, 0.5) is 5.95 Å². The number of H-pyrrole nitrogens is 1. The van der Waals surface area contributed by atoms with E-state index in [-0.39, 0.29) is 11.4 Å². The van der Waals surface area contributed by atoms with Crippen molar-refractivity contribution in [3.8, 4) is 11.1 Å². The monoisotopic (exact) mass is 404 g/mol. The summed E-state index contributed by atoms with van der Waals surface area (Å²) in [5, 5.41) is 15.5. The molecule has 1 amide bonds. The lowest BCUT2D eigenvalue weighted by Crippen LogP contribution is -2.49. The zero-order chi connectivity index (χ0) is 20.7. The van der Waals surface area contributed by atoms with Gasteiger partial charge in [0.15, 0.2) is 5.65 Å². The summed E-state index contributed by atoms with van der Waals surface area (Å²) in [5.41, 5.74) is 3.57. The number of nitrogens with one attached hydrogen (secondary N) is 3. The average molecular weight is 404 g/mol. The van der Waals surface area contributed by atoms with Crippen molar-refractivity contribution in [2.45, 2.75) is 51.1 Å². The third kappa shape index (κ3) is 3.47. The van der Waals surface area contributed by atoms with Gasteiger partial charge in [-0.2, -0.15) is 4.98 Å². The van der Waals surface area contributed by atoms with E-state index in [4.69, 9.17) is 0 Å². The van der Waals surface area contributed by atoms with Gasteiger partial charge in [-0.3, -0.25) is 9.20 Å². The summed E-state index contributed by atoms with van der Waals surface area (Å²) < 4.78 is 1.89. The average Bonchev–Trinajstić information content (AvgIpc) is 3.35. The first kappa shape index (κ1) is 18.5. The van der Waals surface area contributed by atoms with E-state index in [0.717, 1.165) is 53.5 Å². The maximum Gasteiger partial charge on any atom is 0.224 e. The first-order valence-corrected chi connectivity index (χ1v) is 10.2. The minimum atomic E-state index is -0.116. The highest BCUT2D eigenvalue weighted by atomic mass is 16.1. The minimum Gasteiger partial charge on any atom is -0.351 e. The van der Waals surface area contributed by atoms with Crippen LogP contribution in [0.5, 0.6) is 0 Å². The zero-order valence-electron chi connectivity index (χ0n) is 17.0. The van der Waals surface area contributed by atoms with Crippen molar-refractivity contribution < 1.29 is 4.79 Å². The van der Waals surface area contributed by atoms with Crippen molar-refractivity contribution in [2.24, 2.45) is 0 Å². The van der Waals surface area contributed by atoms with Gasteiger partial charge in [0, 0.05) is 53.6 Å². The maximum atomic E-state index is 11.4. The molecular weight excluding hydrogens is 380 g/mol. The summed E-state index contributed by atoms with van der Waals surface area (Å²) in [4.78, 5) is 23.9. The van der Waals surface area contributed by atoms with Gasteiger partial charge in [0.1, 0.15) is 12.0 Å². The van der Waals surface area contributed by atoms with Crippen LogP contribution in [-0.4, -0.2) is 47.0 Å². The second kappa shape index (κ2) is 7.08. The van der Waals surface area contributed by atoms with E-state index in [1.807, 2.05) is 35.1 Å². The van der Waals surface area contributed by atoms with Gasteiger partial charge in [-0.05, 0) is 44.7 Å². The first-order valence-electron chi connectivity index (χ1n) is 10.2. The standard InChI is InChI=1S/C21H24N8O/c1-13(30)27-21(2)7-5-15(6-8-21)25-20-23-10-17-16(9-22-19(17)26-20)14-3-4-18-28-24-12-29(18)11-14/h3-4,9-12,15H,5-8H2,1-2H3,(H,27,30)(H2,22,23,25,26)/t15-,21-. The number of fused-ring (bicyclic) bond motifs is 2. The molecule has 5 rings (SSSR count). The fraction of sp³-hybridized carbons (Fsp3) is 0.381. The molecule has 0 aromatic carbocycles.